The number of rotatable bonds is 2. The SMILES string of the molecule is CCc1nc(Cl)c(C)c(N2CCC(C)CC2)n1. The maximum atomic E-state index is 6.17. The van der Waals surface area contributed by atoms with Crippen LogP contribution in [0.3, 0.4) is 0 Å². The van der Waals surface area contributed by atoms with E-state index in [4.69, 9.17) is 11.6 Å². The zero-order chi connectivity index (χ0) is 12.4. The number of aromatic nitrogens is 2. The molecule has 0 bridgehead atoms. The van der Waals surface area contributed by atoms with Gasteiger partial charge in [-0.05, 0) is 25.7 Å². The summed E-state index contributed by atoms with van der Waals surface area (Å²) in [5, 5.41) is 0.602. The monoisotopic (exact) mass is 253 g/mol. The molecule has 1 aliphatic rings. The van der Waals surface area contributed by atoms with Crippen LogP contribution in [0.15, 0.2) is 0 Å². The fourth-order valence-electron chi connectivity index (χ4n) is 2.21. The summed E-state index contributed by atoms with van der Waals surface area (Å²) in [7, 11) is 0. The lowest BCUT2D eigenvalue weighted by atomic mass is 9.99. The van der Waals surface area contributed by atoms with Gasteiger partial charge in [0.25, 0.3) is 0 Å². The molecule has 0 saturated carbocycles. The van der Waals surface area contributed by atoms with Crippen molar-refractivity contribution in [2.75, 3.05) is 18.0 Å². The van der Waals surface area contributed by atoms with Crippen LogP contribution < -0.4 is 4.90 Å². The van der Waals surface area contributed by atoms with E-state index in [2.05, 4.69) is 28.7 Å². The van der Waals surface area contributed by atoms with Crippen molar-refractivity contribution in [2.24, 2.45) is 5.92 Å². The minimum atomic E-state index is 0.602. The van der Waals surface area contributed by atoms with E-state index in [-0.39, 0.29) is 0 Å². The van der Waals surface area contributed by atoms with E-state index in [1.54, 1.807) is 0 Å². The van der Waals surface area contributed by atoms with Crippen LogP contribution >= 0.6 is 11.6 Å². The number of anilines is 1. The first-order valence-corrected chi connectivity index (χ1v) is 6.77. The third-order valence-corrected chi connectivity index (χ3v) is 3.87. The van der Waals surface area contributed by atoms with Crippen molar-refractivity contribution < 1.29 is 0 Å². The lowest BCUT2D eigenvalue weighted by molar-refractivity contribution is 0.436. The zero-order valence-electron chi connectivity index (χ0n) is 10.8. The highest BCUT2D eigenvalue weighted by molar-refractivity contribution is 6.30. The summed E-state index contributed by atoms with van der Waals surface area (Å²) in [6, 6.07) is 0. The summed E-state index contributed by atoms with van der Waals surface area (Å²) in [6.45, 7) is 8.55. The smallest absolute Gasteiger partial charge is 0.137 e. The molecule has 1 aromatic heterocycles. The fourth-order valence-corrected chi connectivity index (χ4v) is 2.39. The third-order valence-electron chi connectivity index (χ3n) is 3.51. The maximum absolute atomic E-state index is 6.17. The normalized spacial score (nSPS) is 17.5. The standard InChI is InChI=1S/C13H20ClN3/c1-4-11-15-12(14)10(3)13(16-11)17-7-5-9(2)6-8-17/h9H,4-8H2,1-3H3. The second-order valence-electron chi connectivity index (χ2n) is 4.90. The maximum Gasteiger partial charge on any atom is 0.137 e. The van der Waals surface area contributed by atoms with E-state index in [1.165, 1.54) is 12.8 Å². The number of hydrogen-bond acceptors (Lipinski definition) is 3. The van der Waals surface area contributed by atoms with Crippen LogP contribution in [0.2, 0.25) is 5.15 Å². The van der Waals surface area contributed by atoms with Gasteiger partial charge in [-0.3, -0.25) is 0 Å². The van der Waals surface area contributed by atoms with Gasteiger partial charge >= 0.3 is 0 Å². The lowest BCUT2D eigenvalue weighted by Gasteiger charge is -2.32. The number of nitrogens with zero attached hydrogens (tertiary/aromatic N) is 3. The third kappa shape index (κ3) is 2.71. The van der Waals surface area contributed by atoms with Gasteiger partial charge in [-0.1, -0.05) is 25.4 Å². The average Bonchev–Trinajstić information content (AvgIpc) is 2.34. The predicted octanol–water partition coefficient (Wildman–Crippen LogP) is 3.24. The van der Waals surface area contributed by atoms with Crippen molar-refractivity contribution in [3.05, 3.63) is 16.5 Å². The summed E-state index contributed by atoms with van der Waals surface area (Å²) in [6.07, 6.45) is 3.31. The van der Waals surface area contributed by atoms with Crippen LogP contribution in [0, 0.1) is 12.8 Å². The number of aryl methyl sites for hydroxylation is 1. The van der Waals surface area contributed by atoms with Crippen molar-refractivity contribution >= 4 is 17.4 Å². The molecule has 1 aliphatic heterocycles. The van der Waals surface area contributed by atoms with Gasteiger partial charge in [0.1, 0.15) is 16.8 Å². The highest BCUT2D eigenvalue weighted by Crippen LogP contribution is 2.27. The van der Waals surface area contributed by atoms with E-state index >= 15 is 0 Å². The second-order valence-corrected chi connectivity index (χ2v) is 5.26. The van der Waals surface area contributed by atoms with Gasteiger partial charge in [-0.2, -0.15) is 0 Å². The molecule has 0 unspecified atom stereocenters. The molecular formula is C13H20ClN3. The Balaban J connectivity index is 2.27. The molecule has 0 N–H and O–H groups in total. The van der Waals surface area contributed by atoms with Gasteiger partial charge in [-0.15, -0.1) is 0 Å². The Morgan fingerprint density at radius 1 is 1.29 bits per heavy atom. The van der Waals surface area contributed by atoms with Gasteiger partial charge in [0.05, 0.1) is 0 Å². The Morgan fingerprint density at radius 3 is 2.53 bits per heavy atom. The first-order chi connectivity index (χ1) is 8.11. The van der Waals surface area contributed by atoms with E-state index in [1.807, 2.05) is 6.92 Å². The summed E-state index contributed by atoms with van der Waals surface area (Å²) < 4.78 is 0. The highest BCUT2D eigenvalue weighted by Gasteiger charge is 2.20. The summed E-state index contributed by atoms with van der Waals surface area (Å²) in [5.74, 6) is 2.71. The molecular weight excluding hydrogens is 234 g/mol. The van der Waals surface area contributed by atoms with E-state index in [0.717, 1.165) is 42.6 Å². The number of halogens is 1. The Kier molecular flexibility index (Phi) is 3.87. The minimum Gasteiger partial charge on any atom is -0.356 e. The van der Waals surface area contributed by atoms with Gasteiger partial charge in [-0.25, -0.2) is 9.97 Å². The molecule has 0 aliphatic carbocycles. The van der Waals surface area contributed by atoms with Crippen LogP contribution in [0.5, 0.6) is 0 Å². The number of hydrogen-bond donors (Lipinski definition) is 0. The topological polar surface area (TPSA) is 29.0 Å². The van der Waals surface area contributed by atoms with E-state index in [9.17, 15) is 0 Å². The van der Waals surface area contributed by atoms with Gasteiger partial charge in [0, 0.05) is 25.1 Å². The van der Waals surface area contributed by atoms with E-state index < -0.39 is 0 Å². The Bertz CT molecular complexity index is 398. The van der Waals surface area contributed by atoms with Gasteiger partial charge < -0.3 is 4.90 Å². The fraction of sp³-hybridized carbons (Fsp3) is 0.692. The largest absolute Gasteiger partial charge is 0.356 e. The molecule has 17 heavy (non-hydrogen) atoms. The van der Waals surface area contributed by atoms with Crippen molar-refractivity contribution in [2.45, 2.75) is 40.0 Å². The summed E-state index contributed by atoms with van der Waals surface area (Å²) in [4.78, 5) is 11.3. The van der Waals surface area contributed by atoms with Crippen LogP contribution in [0.1, 0.15) is 38.1 Å². The van der Waals surface area contributed by atoms with Crippen LogP contribution in [0.4, 0.5) is 5.82 Å². The van der Waals surface area contributed by atoms with Crippen LogP contribution in [-0.4, -0.2) is 23.1 Å². The molecule has 3 nitrogen and oxygen atoms in total. The molecule has 2 rings (SSSR count). The molecule has 94 valence electrons. The quantitative estimate of drug-likeness (QED) is 0.758. The summed E-state index contributed by atoms with van der Waals surface area (Å²) in [5.41, 5.74) is 1.01. The Hall–Kier alpha value is -0.830. The molecule has 0 amide bonds. The van der Waals surface area contributed by atoms with Gasteiger partial charge in [0.2, 0.25) is 0 Å². The van der Waals surface area contributed by atoms with Crippen LogP contribution in [0.25, 0.3) is 0 Å². The minimum absolute atomic E-state index is 0.602. The lowest BCUT2D eigenvalue weighted by Crippen LogP contribution is -2.34. The molecule has 0 radical (unpaired) electrons. The highest BCUT2D eigenvalue weighted by atomic mass is 35.5. The van der Waals surface area contributed by atoms with Crippen molar-refractivity contribution in [3.63, 3.8) is 0 Å². The Morgan fingerprint density at radius 2 is 1.94 bits per heavy atom. The number of piperidine rings is 1. The van der Waals surface area contributed by atoms with Crippen molar-refractivity contribution in [1.82, 2.24) is 9.97 Å². The zero-order valence-corrected chi connectivity index (χ0v) is 11.6. The first-order valence-electron chi connectivity index (χ1n) is 6.39. The molecule has 1 fully saturated rings. The molecule has 0 aromatic carbocycles. The molecule has 1 aromatic rings. The molecule has 0 atom stereocenters. The first kappa shape index (κ1) is 12.6. The van der Waals surface area contributed by atoms with Crippen molar-refractivity contribution in [3.8, 4) is 0 Å². The average molecular weight is 254 g/mol. The Labute approximate surface area is 108 Å². The van der Waals surface area contributed by atoms with Crippen LogP contribution in [-0.2, 0) is 6.42 Å². The summed E-state index contributed by atoms with van der Waals surface area (Å²) >= 11 is 6.17. The molecule has 4 heteroatoms. The van der Waals surface area contributed by atoms with Crippen molar-refractivity contribution in [1.29, 1.82) is 0 Å². The second kappa shape index (κ2) is 5.21. The van der Waals surface area contributed by atoms with E-state index in [0.29, 0.717) is 5.15 Å². The predicted molar refractivity (Wildman–Crippen MR) is 71.8 cm³/mol. The van der Waals surface area contributed by atoms with Gasteiger partial charge in [0.15, 0.2) is 0 Å². The molecule has 1 saturated heterocycles. The molecule has 2 heterocycles. The molecule has 0 spiro atoms.